The number of hydrogen-bond donors (Lipinski definition) is 2. The van der Waals surface area contributed by atoms with Crippen LogP contribution in [0.2, 0.25) is 0 Å². The fourth-order valence-corrected chi connectivity index (χ4v) is 3.28. The molecular weight excluding hydrogens is 258 g/mol. The lowest BCUT2D eigenvalue weighted by Gasteiger charge is -2.28. The average molecular weight is 279 g/mol. The molecule has 0 radical (unpaired) electrons. The normalized spacial score (nSPS) is 22.8. The van der Waals surface area contributed by atoms with Gasteiger partial charge in [0.2, 0.25) is 0 Å². The molecule has 0 bridgehead atoms. The van der Waals surface area contributed by atoms with Crippen molar-refractivity contribution in [2.24, 2.45) is 0 Å². The van der Waals surface area contributed by atoms with E-state index in [1.54, 1.807) is 13.1 Å². The van der Waals surface area contributed by atoms with Gasteiger partial charge in [0.15, 0.2) is 0 Å². The van der Waals surface area contributed by atoms with E-state index in [0.29, 0.717) is 17.0 Å². The van der Waals surface area contributed by atoms with Crippen LogP contribution in [0.15, 0.2) is 18.2 Å². The summed E-state index contributed by atoms with van der Waals surface area (Å²) in [5.41, 5.74) is 0.484. The summed E-state index contributed by atoms with van der Waals surface area (Å²) in [4.78, 5) is 16.4. The zero-order chi connectivity index (χ0) is 13.7. The summed E-state index contributed by atoms with van der Waals surface area (Å²) in [5, 5.41) is 6.73. The van der Waals surface area contributed by atoms with Gasteiger partial charge in [-0.05, 0) is 37.7 Å². The van der Waals surface area contributed by atoms with Crippen LogP contribution in [0, 0.1) is 0 Å². The summed E-state index contributed by atoms with van der Waals surface area (Å²) in [6.07, 6.45) is 6.75. The first-order valence-corrected chi connectivity index (χ1v) is 8.00. The summed E-state index contributed by atoms with van der Waals surface area (Å²) < 4.78 is 0. The fourth-order valence-electron chi connectivity index (χ4n) is 2.45. The smallest absolute Gasteiger partial charge is 0.270 e. The minimum absolute atomic E-state index is 0.0659. The van der Waals surface area contributed by atoms with E-state index < -0.39 is 0 Å². The zero-order valence-corrected chi connectivity index (χ0v) is 12.3. The highest BCUT2D eigenvalue weighted by Crippen LogP contribution is 2.27. The third-order valence-electron chi connectivity index (χ3n) is 3.53. The Balaban J connectivity index is 1.96. The van der Waals surface area contributed by atoms with Gasteiger partial charge in [-0.1, -0.05) is 12.5 Å². The molecular formula is C14H21N3OS. The van der Waals surface area contributed by atoms with Gasteiger partial charge in [-0.15, -0.1) is 0 Å². The van der Waals surface area contributed by atoms with E-state index in [1.165, 1.54) is 12.8 Å². The van der Waals surface area contributed by atoms with Gasteiger partial charge in [0, 0.05) is 18.3 Å². The highest BCUT2D eigenvalue weighted by atomic mass is 32.2. The second-order valence-electron chi connectivity index (χ2n) is 4.85. The maximum Gasteiger partial charge on any atom is 0.270 e. The second kappa shape index (κ2) is 6.80. The number of anilines is 1. The topological polar surface area (TPSA) is 54.0 Å². The molecule has 4 nitrogen and oxygen atoms in total. The first-order valence-electron chi connectivity index (χ1n) is 6.71. The highest BCUT2D eigenvalue weighted by molar-refractivity contribution is 7.99. The molecule has 1 heterocycles. The van der Waals surface area contributed by atoms with Crippen molar-refractivity contribution in [2.45, 2.75) is 37.0 Å². The molecule has 1 aromatic rings. The van der Waals surface area contributed by atoms with Crippen molar-refractivity contribution in [2.75, 3.05) is 18.6 Å². The maximum absolute atomic E-state index is 12.2. The van der Waals surface area contributed by atoms with Gasteiger partial charge in [-0.25, -0.2) is 4.98 Å². The standard InChI is InChI=1S/C14H21N3OS/c1-15-13-8-4-7-12(17-13)14(18)16-10-5-3-6-11(9-10)19-2/h4,7-8,10-11H,3,5-6,9H2,1-2H3,(H,15,17)(H,16,18). The number of pyridine rings is 1. The van der Waals surface area contributed by atoms with Gasteiger partial charge in [0.05, 0.1) is 0 Å². The van der Waals surface area contributed by atoms with Crippen molar-refractivity contribution in [3.63, 3.8) is 0 Å². The van der Waals surface area contributed by atoms with Crippen LogP contribution in [-0.4, -0.2) is 35.5 Å². The molecule has 0 spiro atoms. The molecule has 1 aliphatic rings. The molecule has 0 aliphatic heterocycles. The van der Waals surface area contributed by atoms with Crippen LogP contribution in [0.5, 0.6) is 0 Å². The zero-order valence-electron chi connectivity index (χ0n) is 11.5. The highest BCUT2D eigenvalue weighted by Gasteiger charge is 2.23. The summed E-state index contributed by atoms with van der Waals surface area (Å²) >= 11 is 1.90. The largest absolute Gasteiger partial charge is 0.373 e. The number of hydrogen-bond acceptors (Lipinski definition) is 4. The quantitative estimate of drug-likeness (QED) is 0.889. The number of carbonyl (C=O) groups is 1. The predicted molar refractivity (Wildman–Crippen MR) is 80.8 cm³/mol. The Labute approximate surface area is 118 Å². The SMILES string of the molecule is CNc1cccc(C(=O)NC2CCCC(SC)C2)n1. The molecule has 5 heteroatoms. The van der Waals surface area contributed by atoms with E-state index in [1.807, 2.05) is 23.9 Å². The second-order valence-corrected chi connectivity index (χ2v) is 5.99. The van der Waals surface area contributed by atoms with E-state index in [2.05, 4.69) is 21.9 Å². The lowest BCUT2D eigenvalue weighted by molar-refractivity contribution is 0.0923. The van der Waals surface area contributed by atoms with E-state index >= 15 is 0 Å². The van der Waals surface area contributed by atoms with Crippen LogP contribution in [0.4, 0.5) is 5.82 Å². The van der Waals surface area contributed by atoms with Crippen molar-refractivity contribution in [1.82, 2.24) is 10.3 Å². The Hall–Kier alpha value is -1.23. The molecule has 0 aromatic carbocycles. The molecule has 1 saturated carbocycles. The Morgan fingerprint density at radius 1 is 1.42 bits per heavy atom. The van der Waals surface area contributed by atoms with E-state index in [9.17, 15) is 4.79 Å². The van der Waals surface area contributed by atoms with Crippen LogP contribution in [0.1, 0.15) is 36.2 Å². The molecule has 104 valence electrons. The van der Waals surface area contributed by atoms with E-state index in [0.717, 1.165) is 18.7 Å². The number of carbonyl (C=O) groups excluding carboxylic acids is 1. The number of thioether (sulfide) groups is 1. The third kappa shape index (κ3) is 3.86. The molecule has 2 rings (SSSR count). The minimum Gasteiger partial charge on any atom is -0.373 e. The van der Waals surface area contributed by atoms with Crippen LogP contribution in [0.25, 0.3) is 0 Å². The van der Waals surface area contributed by atoms with Gasteiger partial charge in [-0.2, -0.15) is 11.8 Å². The van der Waals surface area contributed by atoms with Crippen LogP contribution >= 0.6 is 11.8 Å². The Morgan fingerprint density at radius 3 is 3.00 bits per heavy atom. The van der Waals surface area contributed by atoms with Gasteiger partial charge >= 0.3 is 0 Å². The summed E-state index contributed by atoms with van der Waals surface area (Å²) in [6.45, 7) is 0. The van der Waals surface area contributed by atoms with Crippen molar-refractivity contribution in [3.05, 3.63) is 23.9 Å². The van der Waals surface area contributed by atoms with Crippen molar-refractivity contribution < 1.29 is 4.79 Å². The number of rotatable bonds is 4. The van der Waals surface area contributed by atoms with Crippen LogP contribution in [0.3, 0.4) is 0 Å². The number of nitrogens with zero attached hydrogens (tertiary/aromatic N) is 1. The van der Waals surface area contributed by atoms with Crippen LogP contribution in [-0.2, 0) is 0 Å². The number of amides is 1. The average Bonchev–Trinajstić information content (AvgIpc) is 2.47. The summed E-state index contributed by atoms with van der Waals surface area (Å²) in [6, 6.07) is 5.74. The first-order chi connectivity index (χ1) is 9.22. The number of nitrogens with one attached hydrogen (secondary N) is 2. The predicted octanol–water partition coefficient (Wildman–Crippen LogP) is 2.53. The molecule has 19 heavy (non-hydrogen) atoms. The van der Waals surface area contributed by atoms with Gasteiger partial charge in [0.25, 0.3) is 5.91 Å². The maximum atomic E-state index is 12.2. The first kappa shape index (κ1) is 14.2. The molecule has 0 saturated heterocycles. The Kier molecular flexibility index (Phi) is 5.07. The summed E-state index contributed by atoms with van der Waals surface area (Å²) in [7, 11) is 1.80. The fraction of sp³-hybridized carbons (Fsp3) is 0.571. The van der Waals surface area contributed by atoms with Crippen molar-refractivity contribution in [1.29, 1.82) is 0 Å². The Bertz CT molecular complexity index is 438. The monoisotopic (exact) mass is 279 g/mol. The van der Waals surface area contributed by atoms with Gasteiger partial charge in [-0.3, -0.25) is 4.79 Å². The van der Waals surface area contributed by atoms with E-state index in [-0.39, 0.29) is 5.91 Å². The lowest BCUT2D eigenvalue weighted by Crippen LogP contribution is -2.39. The molecule has 2 N–H and O–H groups in total. The molecule has 1 fully saturated rings. The van der Waals surface area contributed by atoms with Gasteiger partial charge in [0.1, 0.15) is 11.5 Å². The van der Waals surface area contributed by atoms with Crippen LogP contribution < -0.4 is 10.6 Å². The third-order valence-corrected chi connectivity index (χ3v) is 4.63. The van der Waals surface area contributed by atoms with Crippen molar-refractivity contribution >= 4 is 23.5 Å². The molecule has 2 unspecified atom stereocenters. The molecule has 2 atom stereocenters. The minimum atomic E-state index is -0.0659. The molecule has 1 aliphatic carbocycles. The van der Waals surface area contributed by atoms with E-state index in [4.69, 9.17) is 0 Å². The molecule has 1 amide bonds. The van der Waals surface area contributed by atoms with Gasteiger partial charge < -0.3 is 10.6 Å². The molecule has 1 aromatic heterocycles. The lowest BCUT2D eigenvalue weighted by atomic mass is 9.95. The van der Waals surface area contributed by atoms with Crippen molar-refractivity contribution in [3.8, 4) is 0 Å². The summed E-state index contributed by atoms with van der Waals surface area (Å²) in [5.74, 6) is 0.655. The number of aromatic nitrogens is 1. The Morgan fingerprint density at radius 2 is 2.26 bits per heavy atom.